The fourth-order valence-electron chi connectivity index (χ4n) is 2.64. The first-order valence-corrected chi connectivity index (χ1v) is 6.61. The van der Waals surface area contributed by atoms with Gasteiger partial charge in [0.15, 0.2) is 0 Å². The summed E-state index contributed by atoms with van der Waals surface area (Å²) in [4.78, 5) is 0. The molecule has 0 spiro atoms. The molecule has 2 unspecified atom stereocenters. The van der Waals surface area contributed by atoms with E-state index in [9.17, 15) is 0 Å². The summed E-state index contributed by atoms with van der Waals surface area (Å²) < 4.78 is 5.77. The molecule has 1 aromatic carbocycles. The number of nitrogens with two attached hydrogens (primary N) is 1. The Morgan fingerprint density at radius 3 is 2.59 bits per heavy atom. The number of benzene rings is 1. The van der Waals surface area contributed by atoms with Crippen LogP contribution < -0.4 is 5.73 Å². The minimum Gasteiger partial charge on any atom is -0.377 e. The first-order valence-electron chi connectivity index (χ1n) is 6.61. The van der Waals surface area contributed by atoms with Crippen LogP contribution in [-0.2, 0) is 11.2 Å². The van der Waals surface area contributed by atoms with Crippen molar-refractivity contribution in [2.24, 2.45) is 5.73 Å². The molecule has 0 bridgehead atoms. The van der Waals surface area contributed by atoms with Crippen molar-refractivity contribution in [3.8, 4) is 0 Å². The maximum Gasteiger partial charge on any atom is 0.0729 e. The summed E-state index contributed by atoms with van der Waals surface area (Å²) in [5.74, 6) is 0. The molecule has 1 aliphatic rings. The molecule has 2 heteroatoms. The highest BCUT2D eigenvalue weighted by atomic mass is 16.5. The summed E-state index contributed by atoms with van der Waals surface area (Å²) in [6.45, 7) is 5.21. The molecule has 2 rings (SSSR count). The molecule has 2 nitrogen and oxygen atoms in total. The quantitative estimate of drug-likeness (QED) is 0.871. The third-order valence-corrected chi connectivity index (χ3v) is 3.78. The molecule has 94 valence electrons. The van der Waals surface area contributed by atoms with Crippen molar-refractivity contribution < 1.29 is 4.74 Å². The molecule has 0 aromatic heterocycles. The summed E-state index contributed by atoms with van der Waals surface area (Å²) in [5.41, 5.74) is 10.4. The highest BCUT2D eigenvalue weighted by Gasteiger charge is 2.22. The number of aryl methyl sites for hydroxylation is 2. The molecule has 0 amide bonds. The van der Waals surface area contributed by atoms with Gasteiger partial charge in [-0.05, 0) is 56.2 Å². The van der Waals surface area contributed by atoms with Crippen LogP contribution in [0.1, 0.15) is 36.0 Å². The molecule has 2 N–H and O–H groups in total. The average Bonchev–Trinajstić information content (AvgIpc) is 2.35. The van der Waals surface area contributed by atoms with E-state index in [1.165, 1.54) is 29.5 Å². The standard InChI is InChI=1S/C15H23NO/c1-11-6-5-7-12(2)13(11)10-14(16)15-8-3-4-9-17-15/h5-7,14-15H,3-4,8-10,16H2,1-2H3. The summed E-state index contributed by atoms with van der Waals surface area (Å²) in [6, 6.07) is 6.57. The molecule has 0 saturated carbocycles. The first kappa shape index (κ1) is 12.6. The van der Waals surface area contributed by atoms with Crippen LogP contribution in [0.2, 0.25) is 0 Å². The molecule has 0 radical (unpaired) electrons. The van der Waals surface area contributed by atoms with Gasteiger partial charge in [-0.25, -0.2) is 0 Å². The van der Waals surface area contributed by atoms with Crippen LogP contribution in [0.25, 0.3) is 0 Å². The van der Waals surface area contributed by atoms with E-state index in [-0.39, 0.29) is 12.1 Å². The Morgan fingerprint density at radius 1 is 1.29 bits per heavy atom. The Bertz CT molecular complexity index is 349. The third-order valence-electron chi connectivity index (χ3n) is 3.78. The van der Waals surface area contributed by atoms with Gasteiger partial charge in [0.25, 0.3) is 0 Å². The summed E-state index contributed by atoms with van der Waals surface area (Å²) >= 11 is 0. The van der Waals surface area contributed by atoms with Crippen molar-refractivity contribution in [2.75, 3.05) is 6.61 Å². The Kier molecular flexibility index (Phi) is 4.19. The molecule has 1 fully saturated rings. The number of hydrogen-bond acceptors (Lipinski definition) is 2. The highest BCUT2D eigenvalue weighted by Crippen LogP contribution is 2.20. The highest BCUT2D eigenvalue weighted by molar-refractivity contribution is 5.34. The second-order valence-electron chi connectivity index (χ2n) is 5.14. The summed E-state index contributed by atoms with van der Waals surface area (Å²) in [5, 5.41) is 0. The van der Waals surface area contributed by atoms with Crippen LogP contribution in [-0.4, -0.2) is 18.8 Å². The largest absolute Gasteiger partial charge is 0.377 e. The maximum atomic E-state index is 6.29. The second-order valence-corrected chi connectivity index (χ2v) is 5.14. The van der Waals surface area contributed by atoms with E-state index in [2.05, 4.69) is 32.0 Å². The van der Waals surface area contributed by atoms with Crippen molar-refractivity contribution in [1.82, 2.24) is 0 Å². The Balaban J connectivity index is 2.04. The topological polar surface area (TPSA) is 35.2 Å². The lowest BCUT2D eigenvalue weighted by atomic mass is 9.92. The van der Waals surface area contributed by atoms with E-state index < -0.39 is 0 Å². The fraction of sp³-hybridized carbons (Fsp3) is 0.600. The van der Waals surface area contributed by atoms with Gasteiger partial charge in [-0.15, -0.1) is 0 Å². The van der Waals surface area contributed by atoms with Crippen LogP contribution in [0, 0.1) is 13.8 Å². The van der Waals surface area contributed by atoms with Gasteiger partial charge in [0.1, 0.15) is 0 Å². The third kappa shape index (κ3) is 3.08. The number of rotatable bonds is 3. The van der Waals surface area contributed by atoms with Gasteiger partial charge in [0, 0.05) is 12.6 Å². The van der Waals surface area contributed by atoms with Gasteiger partial charge < -0.3 is 10.5 Å². The Labute approximate surface area is 104 Å². The molecule has 17 heavy (non-hydrogen) atoms. The van der Waals surface area contributed by atoms with Gasteiger partial charge in [0.05, 0.1) is 6.10 Å². The molecule has 1 heterocycles. The first-order chi connectivity index (χ1) is 8.18. The van der Waals surface area contributed by atoms with Gasteiger partial charge in [-0.2, -0.15) is 0 Å². The SMILES string of the molecule is Cc1cccc(C)c1CC(N)C1CCCCO1. The lowest BCUT2D eigenvalue weighted by Crippen LogP contribution is -2.40. The van der Waals surface area contributed by atoms with Crippen molar-refractivity contribution in [3.63, 3.8) is 0 Å². The smallest absolute Gasteiger partial charge is 0.0729 e. The predicted molar refractivity (Wildman–Crippen MR) is 71.2 cm³/mol. The van der Waals surface area contributed by atoms with Crippen molar-refractivity contribution in [2.45, 2.75) is 51.7 Å². The molecule has 0 aliphatic carbocycles. The van der Waals surface area contributed by atoms with Crippen LogP contribution >= 0.6 is 0 Å². The lowest BCUT2D eigenvalue weighted by molar-refractivity contribution is 0.000593. The normalized spacial score (nSPS) is 22.4. The average molecular weight is 233 g/mol. The van der Waals surface area contributed by atoms with E-state index in [0.717, 1.165) is 19.4 Å². The van der Waals surface area contributed by atoms with E-state index in [1.54, 1.807) is 0 Å². The Morgan fingerprint density at radius 2 is 2.00 bits per heavy atom. The van der Waals surface area contributed by atoms with E-state index in [0.29, 0.717) is 0 Å². The number of ether oxygens (including phenoxy) is 1. The zero-order valence-electron chi connectivity index (χ0n) is 10.9. The predicted octanol–water partition coefficient (Wildman–Crippen LogP) is 2.74. The monoisotopic (exact) mass is 233 g/mol. The second kappa shape index (κ2) is 5.65. The van der Waals surface area contributed by atoms with Crippen molar-refractivity contribution >= 4 is 0 Å². The molecule has 1 aliphatic heterocycles. The van der Waals surface area contributed by atoms with Gasteiger partial charge >= 0.3 is 0 Å². The van der Waals surface area contributed by atoms with Crippen molar-refractivity contribution in [3.05, 3.63) is 34.9 Å². The lowest BCUT2D eigenvalue weighted by Gasteiger charge is -2.28. The van der Waals surface area contributed by atoms with E-state index in [4.69, 9.17) is 10.5 Å². The summed E-state index contributed by atoms with van der Waals surface area (Å²) in [7, 11) is 0. The minimum atomic E-state index is 0.134. The molecular formula is C15H23NO. The fourth-order valence-corrected chi connectivity index (χ4v) is 2.64. The molecule has 1 aromatic rings. The van der Waals surface area contributed by atoms with Crippen LogP contribution in [0.15, 0.2) is 18.2 Å². The summed E-state index contributed by atoms with van der Waals surface area (Å²) in [6.07, 6.45) is 4.75. The van der Waals surface area contributed by atoms with Gasteiger partial charge in [-0.3, -0.25) is 0 Å². The van der Waals surface area contributed by atoms with E-state index in [1.807, 2.05) is 0 Å². The zero-order valence-corrected chi connectivity index (χ0v) is 10.9. The van der Waals surface area contributed by atoms with E-state index >= 15 is 0 Å². The van der Waals surface area contributed by atoms with Crippen molar-refractivity contribution in [1.29, 1.82) is 0 Å². The Hall–Kier alpha value is -0.860. The van der Waals surface area contributed by atoms with Gasteiger partial charge in [0.2, 0.25) is 0 Å². The van der Waals surface area contributed by atoms with Gasteiger partial charge in [-0.1, -0.05) is 18.2 Å². The zero-order chi connectivity index (χ0) is 12.3. The van der Waals surface area contributed by atoms with Crippen LogP contribution in [0.3, 0.4) is 0 Å². The minimum absolute atomic E-state index is 0.134. The molecule has 1 saturated heterocycles. The molecular weight excluding hydrogens is 210 g/mol. The van der Waals surface area contributed by atoms with Crippen LogP contribution in [0.4, 0.5) is 0 Å². The molecule has 2 atom stereocenters. The number of hydrogen-bond donors (Lipinski definition) is 1. The van der Waals surface area contributed by atoms with Crippen LogP contribution in [0.5, 0.6) is 0 Å². The maximum absolute atomic E-state index is 6.29.